The maximum Gasteiger partial charge on any atom is 0.254 e. The van der Waals surface area contributed by atoms with Gasteiger partial charge in [0.15, 0.2) is 5.78 Å². The van der Waals surface area contributed by atoms with Crippen molar-refractivity contribution in [2.75, 3.05) is 33.3 Å². The highest BCUT2D eigenvalue weighted by atomic mass is 16.5. The number of aromatic nitrogens is 2. The smallest absolute Gasteiger partial charge is 0.254 e. The van der Waals surface area contributed by atoms with Gasteiger partial charge in [0.05, 0.1) is 16.6 Å². The Balaban J connectivity index is 1.17. The number of fused-ring (bicyclic) bond motifs is 2. The third-order valence-electron chi connectivity index (χ3n) is 8.60. The van der Waals surface area contributed by atoms with Crippen LogP contribution in [0.5, 0.6) is 5.75 Å². The minimum atomic E-state index is -0.785. The number of allylic oxidation sites excluding steroid dienone is 3. The number of ether oxygens (including phenoxy) is 1. The van der Waals surface area contributed by atoms with Crippen molar-refractivity contribution >= 4 is 28.3 Å². The number of H-pyrrole nitrogens is 1. The number of amides is 1. The second-order valence-electron chi connectivity index (χ2n) is 11.7. The zero-order valence-electron chi connectivity index (χ0n) is 24.6. The van der Waals surface area contributed by atoms with Gasteiger partial charge in [0, 0.05) is 36.8 Å². The lowest BCUT2D eigenvalue weighted by Gasteiger charge is -2.34. The largest absolute Gasteiger partial charge is 0.491 e. The lowest BCUT2D eigenvalue weighted by atomic mass is 10.00. The van der Waals surface area contributed by atoms with E-state index in [0.717, 1.165) is 54.7 Å². The third kappa shape index (κ3) is 5.58. The average Bonchev–Trinajstić information content (AvgIpc) is 3.54. The van der Waals surface area contributed by atoms with E-state index in [1.54, 1.807) is 0 Å². The van der Waals surface area contributed by atoms with E-state index in [1.807, 2.05) is 48.2 Å². The van der Waals surface area contributed by atoms with Crippen LogP contribution in [0.3, 0.4) is 0 Å². The summed E-state index contributed by atoms with van der Waals surface area (Å²) < 4.78 is 5.91. The molecule has 0 spiro atoms. The van der Waals surface area contributed by atoms with Gasteiger partial charge in [-0.05, 0) is 81.7 Å². The van der Waals surface area contributed by atoms with Crippen LogP contribution >= 0.6 is 0 Å². The summed E-state index contributed by atoms with van der Waals surface area (Å²) in [5.41, 5.74) is 6.48. The third-order valence-corrected chi connectivity index (χ3v) is 8.60. The Morgan fingerprint density at radius 2 is 2.00 bits per heavy atom. The SMILES string of the molecule is CCc1cc(C)ccc1OC[C@H](O)CNC1=C(c2nc3cc4c(cc3[nH]2)CN(C2CCN(C)CC2)C4=O)C(=O)CC=C1. The quantitative estimate of drug-likeness (QED) is 0.360. The lowest BCUT2D eigenvalue weighted by Crippen LogP contribution is -2.43. The summed E-state index contributed by atoms with van der Waals surface area (Å²) in [6.07, 6.45) is 5.98. The van der Waals surface area contributed by atoms with Crippen molar-refractivity contribution in [3.8, 4) is 5.75 Å². The first-order valence-electron chi connectivity index (χ1n) is 14.9. The number of ketones is 1. The van der Waals surface area contributed by atoms with Crippen molar-refractivity contribution < 1.29 is 19.4 Å². The Labute approximate surface area is 246 Å². The van der Waals surface area contributed by atoms with Crippen LogP contribution in [-0.2, 0) is 17.8 Å². The molecule has 9 heteroatoms. The number of rotatable bonds is 9. The fourth-order valence-corrected chi connectivity index (χ4v) is 6.19. The second kappa shape index (κ2) is 11.7. The van der Waals surface area contributed by atoms with Crippen molar-refractivity contribution in [1.29, 1.82) is 0 Å². The van der Waals surface area contributed by atoms with E-state index in [0.29, 0.717) is 34.7 Å². The number of benzene rings is 2. The molecule has 1 aromatic heterocycles. The minimum Gasteiger partial charge on any atom is -0.491 e. The van der Waals surface area contributed by atoms with E-state index in [1.165, 1.54) is 5.56 Å². The van der Waals surface area contributed by atoms with Gasteiger partial charge in [0.2, 0.25) is 0 Å². The Bertz CT molecular complexity index is 1580. The molecule has 0 saturated carbocycles. The molecular weight excluding hydrogens is 530 g/mol. The Hall–Kier alpha value is -3.95. The van der Waals surface area contributed by atoms with Gasteiger partial charge in [0.25, 0.3) is 5.91 Å². The molecule has 2 aromatic carbocycles. The highest BCUT2D eigenvalue weighted by Gasteiger charge is 2.35. The molecule has 3 N–H and O–H groups in total. The summed E-state index contributed by atoms with van der Waals surface area (Å²) in [6.45, 7) is 7.07. The van der Waals surface area contributed by atoms with Gasteiger partial charge in [-0.2, -0.15) is 0 Å². The molecule has 1 atom stereocenters. The van der Waals surface area contributed by atoms with Crippen molar-refractivity contribution in [3.63, 3.8) is 0 Å². The first-order valence-corrected chi connectivity index (χ1v) is 14.9. The number of piperidine rings is 1. The minimum absolute atomic E-state index is 0.0610. The number of aliphatic hydroxyl groups is 1. The molecule has 6 rings (SSSR count). The number of hydrogen-bond acceptors (Lipinski definition) is 7. The number of likely N-dealkylation sites (tertiary alicyclic amines) is 1. The van der Waals surface area contributed by atoms with E-state index in [-0.39, 0.29) is 37.3 Å². The number of aliphatic hydroxyl groups excluding tert-OH is 1. The fraction of sp³-hybridized carbons (Fsp3) is 0.424. The fourth-order valence-electron chi connectivity index (χ4n) is 6.19. The molecule has 1 amide bonds. The number of aromatic amines is 1. The van der Waals surface area contributed by atoms with Crippen LogP contribution in [0.25, 0.3) is 16.6 Å². The number of nitrogens with zero attached hydrogens (tertiary/aromatic N) is 3. The summed E-state index contributed by atoms with van der Waals surface area (Å²) >= 11 is 0. The van der Waals surface area contributed by atoms with Crippen LogP contribution in [0.4, 0.5) is 0 Å². The molecule has 2 aliphatic heterocycles. The van der Waals surface area contributed by atoms with E-state index in [9.17, 15) is 14.7 Å². The van der Waals surface area contributed by atoms with Crippen LogP contribution < -0.4 is 10.1 Å². The zero-order valence-corrected chi connectivity index (χ0v) is 24.6. The van der Waals surface area contributed by atoms with Crippen LogP contribution in [0.15, 0.2) is 48.2 Å². The van der Waals surface area contributed by atoms with Crippen molar-refractivity contribution in [2.45, 2.75) is 58.2 Å². The number of hydrogen-bond donors (Lipinski definition) is 3. The Morgan fingerprint density at radius 3 is 2.79 bits per heavy atom. The summed E-state index contributed by atoms with van der Waals surface area (Å²) in [5.74, 6) is 1.24. The molecule has 9 nitrogen and oxygen atoms in total. The molecule has 1 saturated heterocycles. The molecule has 1 fully saturated rings. The summed E-state index contributed by atoms with van der Waals surface area (Å²) in [5, 5.41) is 13.9. The highest BCUT2D eigenvalue weighted by Crippen LogP contribution is 2.32. The molecule has 3 heterocycles. The topological polar surface area (TPSA) is 111 Å². The van der Waals surface area contributed by atoms with Gasteiger partial charge in [0.1, 0.15) is 24.3 Å². The number of carbonyl (C=O) groups excluding carboxylic acids is 2. The molecule has 42 heavy (non-hydrogen) atoms. The predicted octanol–water partition coefficient (Wildman–Crippen LogP) is 3.75. The predicted molar refractivity (Wildman–Crippen MR) is 162 cm³/mol. The number of carbonyl (C=O) groups is 2. The van der Waals surface area contributed by atoms with Crippen LogP contribution in [0.2, 0.25) is 0 Å². The number of Topliss-reactive ketones (excluding diaryl/α,β-unsaturated/α-hetero) is 1. The van der Waals surface area contributed by atoms with Crippen LogP contribution in [0, 0.1) is 6.92 Å². The van der Waals surface area contributed by atoms with E-state index in [4.69, 9.17) is 9.72 Å². The zero-order chi connectivity index (χ0) is 29.4. The monoisotopic (exact) mass is 569 g/mol. The summed E-state index contributed by atoms with van der Waals surface area (Å²) in [4.78, 5) is 38.8. The molecule has 0 unspecified atom stereocenters. The van der Waals surface area contributed by atoms with Gasteiger partial charge < -0.3 is 29.9 Å². The van der Waals surface area contributed by atoms with Gasteiger partial charge in [-0.15, -0.1) is 0 Å². The number of imidazole rings is 1. The average molecular weight is 570 g/mol. The molecule has 3 aliphatic rings. The van der Waals surface area contributed by atoms with Crippen molar-refractivity contribution in [1.82, 2.24) is 25.1 Å². The summed E-state index contributed by atoms with van der Waals surface area (Å²) in [6, 6.07) is 10.2. The van der Waals surface area contributed by atoms with Crippen LogP contribution in [0.1, 0.15) is 59.1 Å². The van der Waals surface area contributed by atoms with E-state index in [2.05, 4.69) is 35.2 Å². The molecule has 3 aromatic rings. The van der Waals surface area contributed by atoms with E-state index >= 15 is 0 Å². The molecule has 1 aliphatic carbocycles. The summed E-state index contributed by atoms with van der Waals surface area (Å²) in [7, 11) is 2.12. The Morgan fingerprint density at radius 1 is 1.19 bits per heavy atom. The van der Waals surface area contributed by atoms with Gasteiger partial charge in [-0.25, -0.2) is 4.98 Å². The molecule has 0 radical (unpaired) electrons. The maximum atomic E-state index is 13.3. The molecule has 0 bridgehead atoms. The van der Waals surface area contributed by atoms with Gasteiger partial charge in [-0.1, -0.05) is 30.7 Å². The Kier molecular flexibility index (Phi) is 7.88. The van der Waals surface area contributed by atoms with Crippen molar-refractivity contribution in [2.24, 2.45) is 0 Å². The van der Waals surface area contributed by atoms with E-state index < -0.39 is 6.10 Å². The molecular formula is C33H39N5O4. The first kappa shape index (κ1) is 28.2. The lowest BCUT2D eigenvalue weighted by molar-refractivity contribution is -0.113. The highest BCUT2D eigenvalue weighted by molar-refractivity contribution is 6.22. The normalized spacial score (nSPS) is 18.7. The standard InChI is InChI=1S/C33H39N5O4/c1-4-21-14-20(2)8-9-30(21)42-19-24(39)17-34-26-6-5-7-29(40)31(26)32-35-27-15-22-18-38(23-10-12-37(3)13-11-23)33(41)25(22)16-28(27)36-32/h5-6,8-9,14-16,23-24,34,39H,4,7,10-13,17-19H2,1-3H3,(H,35,36)/t24-/m1/s1. The molecule has 220 valence electrons. The van der Waals surface area contributed by atoms with Gasteiger partial charge in [-0.3, -0.25) is 9.59 Å². The number of nitrogens with one attached hydrogen (secondary N) is 2. The van der Waals surface area contributed by atoms with Crippen molar-refractivity contribution in [3.05, 3.63) is 76.3 Å². The number of aryl methyl sites for hydroxylation is 2. The van der Waals surface area contributed by atoms with Gasteiger partial charge >= 0.3 is 0 Å². The maximum absolute atomic E-state index is 13.3. The second-order valence-corrected chi connectivity index (χ2v) is 11.7. The first-order chi connectivity index (χ1) is 20.3. The van der Waals surface area contributed by atoms with Crippen LogP contribution in [-0.4, -0.2) is 82.0 Å².